The Morgan fingerprint density at radius 1 is 1.00 bits per heavy atom. The molecule has 28 heavy (non-hydrogen) atoms. The molecule has 0 amide bonds. The smallest absolute Gasteiger partial charge is 0.150 e. The molecule has 0 saturated heterocycles. The van der Waals surface area contributed by atoms with Crippen molar-refractivity contribution in [3.63, 3.8) is 0 Å². The summed E-state index contributed by atoms with van der Waals surface area (Å²) < 4.78 is 13.4. The Labute approximate surface area is 163 Å². The summed E-state index contributed by atoms with van der Waals surface area (Å²) in [6, 6.07) is 15.9. The van der Waals surface area contributed by atoms with E-state index in [0.717, 1.165) is 39.7 Å². The third kappa shape index (κ3) is 4.00. The summed E-state index contributed by atoms with van der Waals surface area (Å²) in [6.45, 7) is 0.559. The molecule has 0 aromatic heterocycles. The topological polar surface area (TPSA) is 67.5 Å². The van der Waals surface area contributed by atoms with Gasteiger partial charge in [0.25, 0.3) is 0 Å². The first-order valence-electron chi connectivity index (χ1n) is 8.92. The van der Waals surface area contributed by atoms with Crippen LogP contribution in [0.3, 0.4) is 0 Å². The van der Waals surface area contributed by atoms with Crippen molar-refractivity contribution in [3.05, 3.63) is 77.1 Å². The number of halogens is 1. The van der Waals surface area contributed by atoms with Crippen LogP contribution >= 0.6 is 0 Å². The van der Waals surface area contributed by atoms with E-state index < -0.39 is 0 Å². The first-order chi connectivity index (χ1) is 13.6. The van der Waals surface area contributed by atoms with E-state index in [2.05, 4.69) is 10.3 Å². The normalized spacial score (nSPS) is 11.1. The summed E-state index contributed by atoms with van der Waals surface area (Å²) >= 11 is 0. The van der Waals surface area contributed by atoms with E-state index in [1.807, 2.05) is 37.4 Å². The third-order valence-electron chi connectivity index (χ3n) is 4.59. The molecule has 0 spiro atoms. The lowest BCUT2D eigenvalue weighted by Crippen LogP contribution is -2.08. The van der Waals surface area contributed by atoms with Crippen LogP contribution in [0.15, 0.2) is 59.6 Å². The number of nitrogens with two attached hydrogens (primary N) is 1. The molecule has 0 fully saturated rings. The number of aliphatic imine (C=N–C) groups is 1. The summed E-state index contributed by atoms with van der Waals surface area (Å²) in [4.78, 5) is 15.7. The van der Waals surface area contributed by atoms with Gasteiger partial charge < -0.3 is 11.1 Å². The van der Waals surface area contributed by atoms with E-state index in [0.29, 0.717) is 17.8 Å². The van der Waals surface area contributed by atoms with Crippen LogP contribution in [0.1, 0.15) is 21.5 Å². The molecule has 0 unspecified atom stereocenters. The number of hydrogen-bond donors (Lipinski definition) is 2. The fourth-order valence-corrected chi connectivity index (χ4v) is 3.21. The summed E-state index contributed by atoms with van der Waals surface area (Å²) in [7, 11) is 3.53. The van der Waals surface area contributed by atoms with Gasteiger partial charge in [-0.05, 0) is 71.3 Å². The first-order valence-corrected chi connectivity index (χ1v) is 8.92. The molecule has 0 radical (unpaired) electrons. The second-order valence-electron chi connectivity index (χ2n) is 6.48. The summed E-state index contributed by atoms with van der Waals surface area (Å²) in [5.74, 6) is -0.304. The highest BCUT2D eigenvalue weighted by atomic mass is 19.1. The van der Waals surface area contributed by atoms with Gasteiger partial charge in [-0.1, -0.05) is 18.2 Å². The lowest BCUT2D eigenvalue weighted by molar-refractivity contribution is 0.112. The quantitative estimate of drug-likeness (QED) is 0.383. The Morgan fingerprint density at radius 3 is 2.32 bits per heavy atom. The number of aldehydes is 1. The number of anilines is 1. The zero-order chi connectivity index (χ0) is 20.1. The van der Waals surface area contributed by atoms with Gasteiger partial charge in [-0.25, -0.2) is 4.39 Å². The van der Waals surface area contributed by atoms with Gasteiger partial charge >= 0.3 is 0 Å². The first kappa shape index (κ1) is 19.5. The lowest BCUT2D eigenvalue weighted by atomic mass is 9.89. The zero-order valence-corrected chi connectivity index (χ0v) is 15.9. The van der Waals surface area contributed by atoms with Gasteiger partial charge in [0, 0.05) is 36.6 Å². The van der Waals surface area contributed by atoms with Crippen molar-refractivity contribution in [2.75, 3.05) is 19.8 Å². The fraction of sp³-hybridized carbons (Fsp3) is 0.130. The minimum atomic E-state index is -0.304. The molecule has 0 heterocycles. The van der Waals surface area contributed by atoms with E-state index in [9.17, 15) is 9.18 Å². The summed E-state index contributed by atoms with van der Waals surface area (Å²) in [5, 5.41) is 3.10. The van der Waals surface area contributed by atoms with Gasteiger partial charge in [0.05, 0.1) is 0 Å². The highest BCUT2D eigenvalue weighted by molar-refractivity contribution is 5.94. The molecule has 3 aromatic rings. The van der Waals surface area contributed by atoms with Gasteiger partial charge in [0.15, 0.2) is 0 Å². The maximum absolute atomic E-state index is 13.4. The van der Waals surface area contributed by atoms with E-state index >= 15 is 0 Å². The maximum atomic E-state index is 13.4. The number of nitrogens with one attached hydrogen (secondary N) is 1. The second kappa shape index (κ2) is 8.59. The van der Waals surface area contributed by atoms with Crippen molar-refractivity contribution in [2.24, 2.45) is 4.99 Å². The van der Waals surface area contributed by atoms with Crippen LogP contribution in [-0.2, 0) is 6.54 Å². The number of benzene rings is 3. The molecule has 3 aromatic carbocycles. The maximum Gasteiger partial charge on any atom is 0.150 e. The minimum Gasteiger partial charge on any atom is -0.398 e. The number of hydrogen-bond acceptors (Lipinski definition) is 4. The molecule has 5 heteroatoms. The molecular formula is C23H22FN3O. The molecule has 0 aliphatic carbocycles. The molecule has 142 valence electrons. The van der Waals surface area contributed by atoms with Gasteiger partial charge in [-0.15, -0.1) is 0 Å². The van der Waals surface area contributed by atoms with Crippen molar-refractivity contribution in [1.29, 1.82) is 0 Å². The average Bonchev–Trinajstić information content (AvgIpc) is 2.70. The van der Waals surface area contributed by atoms with Crippen LogP contribution in [-0.4, -0.2) is 26.6 Å². The fourth-order valence-electron chi connectivity index (χ4n) is 3.21. The number of carbonyl (C=O) groups is 1. The van der Waals surface area contributed by atoms with Crippen LogP contribution in [0.25, 0.3) is 22.3 Å². The number of nitrogen functional groups attached to an aromatic ring is 1. The summed E-state index contributed by atoms with van der Waals surface area (Å²) in [5.41, 5.74) is 12.6. The molecule has 3 rings (SSSR count). The predicted octanol–water partition coefficient (Wildman–Crippen LogP) is 4.32. The second-order valence-corrected chi connectivity index (χ2v) is 6.48. The highest BCUT2D eigenvalue weighted by Gasteiger charge is 2.14. The Morgan fingerprint density at radius 2 is 1.68 bits per heavy atom. The molecule has 3 N–H and O–H groups in total. The zero-order valence-electron chi connectivity index (χ0n) is 15.9. The Bertz CT molecular complexity index is 1030. The van der Waals surface area contributed by atoms with Gasteiger partial charge in [0.1, 0.15) is 12.1 Å². The van der Waals surface area contributed by atoms with Crippen molar-refractivity contribution < 1.29 is 9.18 Å². The van der Waals surface area contributed by atoms with Crippen molar-refractivity contribution in [2.45, 2.75) is 6.54 Å². The lowest BCUT2D eigenvalue weighted by Gasteiger charge is -2.16. The SMILES string of the molecule is CN=Cc1cc(-c2cc(CNC)c(C=O)cc2-c2ccc(F)cc2)ccc1N. The highest BCUT2D eigenvalue weighted by Crippen LogP contribution is 2.35. The summed E-state index contributed by atoms with van der Waals surface area (Å²) in [6.07, 6.45) is 2.56. The van der Waals surface area contributed by atoms with Crippen LogP contribution in [0, 0.1) is 5.82 Å². The van der Waals surface area contributed by atoms with Crippen molar-refractivity contribution in [1.82, 2.24) is 5.32 Å². The van der Waals surface area contributed by atoms with Gasteiger partial charge in [0.2, 0.25) is 0 Å². The van der Waals surface area contributed by atoms with E-state index in [-0.39, 0.29) is 5.82 Å². The number of nitrogens with zero attached hydrogens (tertiary/aromatic N) is 1. The Balaban J connectivity index is 2.28. The van der Waals surface area contributed by atoms with Crippen LogP contribution in [0.4, 0.5) is 10.1 Å². The average molecular weight is 375 g/mol. The monoisotopic (exact) mass is 375 g/mol. The Kier molecular flexibility index (Phi) is 5.96. The van der Waals surface area contributed by atoms with E-state index in [1.54, 1.807) is 25.4 Å². The van der Waals surface area contributed by atoms with E-state index in [1.165, 1.54) is 12.1 Å². The minimum absolute atomic E-state index is 0.304. The van der Waals surface area contributed by atoms with Crippen LogP contribution < -0.4 is 11.1 Å². The van der Waals surface area contributed by atoms with Gasteiger partial charge in [-0.3, -0.25) is 9.79 Å². The molecule has 0 aliphatic heterocycles. The molecule has 4 nitrogen and oxygen atoms in total. The molecule has 0 atom stereocenters. The largest absolute Gasteiger partial charge is 0.398 e. The number of rotatable bonds is 6. The third-order valence-corrected chi connectivity index (χ3v) is 4.59. The predicted molar refractivity (Wildman–Crippen MR) is 113 cm³/mol. The standard InChI is InChI=1S/C23H22FN3O/c1-26-12-17-10-22(16-5-8-23(25)18(9-16)13-27-2)21(11-19(17)14-28)15-3-6-20(24)7-4-15/h3-11,13-14,26H,12,25H2,1-2H3. The van der Waals surface area contributed by atoms with Crippen LogP contribution in [0.2, 0.25) is 0 Å². The van der Waals surface area contributed by atoms with Crippen LogP contribution in [0.5, 0.6) is 0 Å². The Hall–Kier alpha value is -3.31. The molecule has 0 saturated carbocycles. The van der Waals surface area contributed by atoms with Gasteiger partial charge in [-0.2, -0.15) is 0 Å². The van der Waals surface area contributed by atoms with E-state index in [4.69, 9.17) is 5.73 Å². The van der Waals surface area contributed by atoms with Crippen molar-refractivity contribution >= 4 is 18.2 Å². The molecule has 0 bridgehead atoms. The molecular weight excluding hydrogens is 353 g/mol. The van der Waals surface area contributed by atoms with Crippen molar-refractivity contribution in [3.8, 4) is 22.3 Å². The number of carbonyl (C=O) groups excluding carboxylic acids is 1. The molecule has 0 aliphatic rings.